The molecule has 5 heteroatoms. The highest BCUT2D eigenvalue weighted by Gasteiger charge is 2.31. The predicted molar refractivity (Wildman–Crippen MR) is 79.1 cm³/mol. The second-order valence-corrected chi connectivity index (χ2v) is 5.38. The van der Waals surface area contributed by atoms with Crippen molar-refractivity contribution in [3.8, 4) is 5.75 Å². The second-order valence-electron chi connectivity index (χ2n) is 5.38. The number of benzene rings is 1. The Labute approximate surface area is 125 Å². The molecule has 0 unspecified atom stereocenters. The number of nitrogens with zero attached hydrogens (tertiary/aromatic N) is 1. The molecule has 1 aromatic carbocycles. The number of aliphatic hydroxyl groups excluding tert-OH is 1. The molecule has 0 radical (unpaired) electrons. The zero-order chi connectivity index (χ0) is 15.2. The molecule has 1 aliphatic rings. The summed E-state index contributed by atoms with van der Waals surface area (Å²) in [6.45, 7) is 4.13. The van der Waals surface area contributed by atoms with Gasteiger partial charge in [0.25, 0.3) is 0 Å². The molecule has 0 spiro atoms. The van der Waals surface area contributed by atoms with Crippen LogP contribution < -0.4 is 4.74 Å². The van der Waals surface area contributed by atoms with Crippen molar-refractivity contribution in [2.75, 3.05) is 26.9 Å². The standard InChI is InChI=1S/C16H24FNO3/c1-3-21-11-13-6-12(4-5-16(13)20-2)8-18-9-14(17)7-15(18)10-19/h4-6,14-15,19H,3,7-11H2,1-2H3/t14-,15-/m0/s1. The number of ether oxygens (including phenoxy) is 2. The van der Waals surface area contributed by atoms with Crippen molar-refractivity contribution in [3.05, 3.63) is 29.3 Å². The lowest BCUT2D eigenvalue weighted by atomic mass is 10.1. The van der Waals surface area contributed by atoms with Crippen LogP contribution in [0.1, 0.15) is 24.5 Å². The Morgan fingerprint density at radius 1 is 1.43 bits per heavy atom. The molecule has 0 aliphatic carbocycles. The Morgan fingerprint density at radius 3 is 2.90 bits per heavy atom. The number of aliphatic hydroxyl groups is 1. The smallest absolute Gasteiger partial charge is 0.124 e. The molecule has 0 saturated carbocycles. The van der Waals surface area contributed by atoms with E-state index in [9.17, 15) is 9.50 Å². The van der Waals surface area contributed by atoms with Crippen LogP contribution in [0.15, 0.2) is 18.2 Å². The molecule has 1 aromatic rings. The number of methoxy groups -OCH3 is 1. The van der Waals surface area contributed by atoms with Gasteiger partial charge in [-0.1, -0.05) is 6.07 Å². The van der Waals surface area contributed by atoms with Gasteiger partial charge >= 0.3 is 0 Å². The fourth-order valence-electron chi connectivity index (χ4n) is 2.80. The summed E-state index contributed by atoms with van der Waals surface area (Å²) in [6.07, 6.45) is -0.429. The SMILES string of the molecule is CCOCc1cc(CN2C[C@@H](F)C[C@H]2CO)ccc1OC. The normalized spacial score (nSPS) is 22.7. The minimum atomic E-state index is -0.844. The third-order valence-corrected chi connectivity index (χ3v) is 3.88. The molecular weight excluding hydrogens is 273 g/mol. The Morgan fingerprint density at radius 2 is 2.24 bits per heavy atom. The summed E-state index contributed by atoms with van der Waals surface area (Å²) in [7, 11) is 1.64. The number of hydrogen-bond acceptors (Lipinski definition) is 4. The van der Waals surface area contributed by atoms with Crippen molar-refractivity contribution in [2.24, 2.45) is 0 Å². The lowest BCUT2D eigenvalue weighted by Crippen LogP contribution is -2.31. The van der Waals surface area contributed by atoms with Gasteiger partial charge in [-0.2, -0.15) is 0 Å². The Balaban J connectivity index is 2.09. The topological polar surface area (TPSA) is 41.9 Å². The Bertz CT molecular complexity index is 455. The van der Waals surface area contributed by atoms with Crippen molar-refractivity contribution in [3.63, 3.8) is 0 Å². The highest BCUT2D eigenvalue weighted by atomic mass is 19.1. The first-order valence-corrected chi connectivity index (χ1v) is 7.40. The van der Waals surface area contributed by atoms with Crippen molar-refractivity contribution in [2.45, 2.75) is 38.7 Å². The molecule has 2 rings (SSSR count). The summed E-state index contributed by atoms with van der Waals surface area (Å²) in [6, 6.07) is 5.85. The molecule has 0 aromatic heterocycles. The minimum absolute atomic E-state index is 0.00236. The fourth-order valence-corrected chi connectivity index (χ4v) is 2.80. The van der Waals surface area contributed by atoms with Crippen LogP contribution >= 0.6 is 0 Å². The van der Waals surface area contributed by atoms with Gasteiger partial charge in [0, 0.05) is 31.3 Å². The van der Waals surface area contributed by atoms with E-state index >= 15 is 0 Å². The zero-order valence-corrected chi connectivity index (χ0v) is 12.7. The van der Waals surface area contributed by atoms with Crippen molar-refractivity contribution in [1.29, 1.82) is 0 Å². The van der Waals surface area contributed by atoms with E-state index < -0.39 is 6.17 Å². The molecule has 0 amide bonds. The molecule has 2 atom stereocenters. The maximum absolute atomic E-state index is 13.5. The first-order valence-electron chi connectivity index (χ1n) is 7.40. The summed E-state index contributed by atoms with van der Waals surface area (Å²) in [5.74, 6) is 0.802. The van der Waals surface area contributed by atoms with Crippen LogP contribution in [0.3, 0.4) is 0 Å². The van der Waals surface area contributed by atoms with Crippen LogP contribution in [0.5, 0.6) is 5.75 Å². The average molecular weight is 297 g/mol. The first-order chi connectivity index (χ1) is 10.2. The van der Waals surface area contributed by atoms with E-state index in [1.54, 1.807) is 7.11 Å². The maximum atomic E-state index is 13.5. The van der Waals surface area contributed by atoms with Gasteiger partial charge in [-0.25, -0.2) is 4.39 Å². The van der Waals surface area contributed by atoms with Crippen LogP contribution in [-0.4, -0.2) is 49.1 Å². The maximum Gasteiger partial charge on any atom is 0.124 e. The molecule has 1 aliphatic heterocycles. The van der Waals surface area contributed by atoms with Gasteiger partial charge < -0.3 is 14.6 Å². The van der Waals surface area contributed by atoms with Crippen molar-refractivity contribution >= 4 is 0 Å². The van der Waals surface area contributed by atoms with Gasteiger partial charge in [-0.05, 0) is 31.0 Å². The van der Waals surface area contributed by atoms with Crippen LogP contribution in [0, 0.1) is 0 Å². The average Bonchev–Trinajstić information content (AvgIpc) is 2.85. The van der Waals surface area contributed by atoms with Crippen molar-refractivity contribution < 1.29 is 19.0 Å². The van der Waals surface area contributed by atoms with Gasteiger partial charge in [0.1, 0.15) is 11.9 Å². The number of halogens is 1. The van der Waals surface area contributed by atoms with Gasteiger partial charge in [0.05, 0.1) is 20.3 Å². The summed E-state index contributed by atoms with van der Waals surface area (Å²) in [5, 5.41) is 9.34. The van der Waals surface area contributed by atoms with E-state index in [4.69, 9.17) is 9.47 Å². The summed E-state index contributed by atoms with van der Waals surface area (Å²) < 4.78 is 24.3. The highest BCUT2D eigenvalue weighted by Crippen LogP contribution is 2.25. The van der Waals surface area contributed by atoms with Gasteiger partial charge in [-0.3, -0.25) is 4.90 Å². The van der Waals surface area contributed by atoms with Crippen LogP contribution in [-0.2, 0) is 17.9 Å². The molecule has 1 heterocycles. The Hall–Kier alpha value is -1.17. The summed E-state index contributed by atoms with van der Waals surface area (Å²) >= 11 is 0. The summed E-state index contributed by atoms with van der Waals surface area (Å²) in [5.41, 5.74) is 2.08. The van der Waals surface area contributed by atoms with E-state index in [1.165, 1.54) is 0 Å². The molecular formula is C16H24FNO3. The molecule has 1 fully saturated rings. The zero-order valence-electron chi connectivity index (χ0n) is 12.7. The predicted octanol–water partition coefficient (Wildman–Crippen LogP) is 2.14. The fraction of sp³-hybridized carbons (Fsp3) is 0.625. The highest BCUT2D eigenvalue weighted by molar-refractivity contribution is 5.37. The van der Waals surface area contributed by atoms with E-state index in [1.807, 2.05) is 30.0 Å². The molecule has 4 nitrogen and oxygen atoms in total. The van der Waals surface area contributed by atoms with Crippen LogP contribution in [0.2, 0.25) is 0 Å². The minimum Gasteiger partial charge on any atom is -0.496 e. The third kappa shape index (κ3) is 4.15. The quantitative estimate of drug-likeness (QED) is 0.837. The number of rotatable bonds is 7. The van der Waals surface area contributed by atoms with Gasteiger partial charge in [0.2, 0.25) is 0 Å². The molecule has 118 valence electrons. The van der Waals surface area contributed by atoms with Gasteiger partial charge in [-0.15, -0.1) is 0 Å². The van der Waals surface area contributed by atoms with Crippen LogP contribution in [0.4, 0.5) is 4.39 Å². The molecule has 1 N–H and O–H groups in total. The van der Waals surface area contributed by atoms with E-state index in [0.717, 1.165) is 16.9 Å². The molecule has 0 bridgehead atoms. The van der Waals surface area contributed by atoms with Gasteiger partial charge in [0.15, 0.2) is 0 Å². The Kier molecular flexibility index (Phi) is 5.96. The number of likely N-dealkylation sites (tertiary alicyclic amines) is 1. The monoisotopic (exact) mass is 297 g/mol. The second kappa shape index (κ2) is 7.73. The largest absolute Gasteiger partial charge is 0.496 e. The third-order valence-electron chi connectivity index (χ3n) is 3.88. The lowest BCUT2D eigenvalue weighted by molar-refractivity contribution is 0.131. The van der Waals surface area contributed by atoms with E-state index in [2.05, 4.69) is 0 Å². The molecule has 21 heavy (non-hydrogen) atoms. The summed E-state index contributed by atoms with van der Waals surface area (Å²) in [4.78, 5) is 2.00. The first kappa shape index (κ1) is 16.2. The number of alkyl halides is 1. The van der Waals surface area contributed by atoms with E-state index in [0.29, 0.717) is 32.7 Å². The van der Waals surface area contributed by atoms with Crippen molar-refractivity contribution in [1.82, 2.24) is 4.90 Å². The molecule has 1 saturated heterocycles. The lowest BCUT2D eigenvalue weighted by Gasteiger charge is -2.22. The van der Waals surface area contributed by atoms with Crippen LogP contribution in [0.25, 0.3) is 0 Å². The number of hydrogen-bond donors (Lipinski definition) is 1. The van der Waals surface area contributed by atoms with E-state index in [-0.39, 0.29) is 12.6 Å².